The Morgan fingerprint density at radius 2 is 2.29 bits per heavy atom. The van der Waals surface area contributed by atoms with Crippen LogP contribution < -0.4 is 5.73 Å². The molecule has 0 radical (unpaired) electrons. The molecular formula is C9H13BrClNOS. The van der Waals surface area contributed by atoms with Crippen LogP contribution in [0.15, 0.2) is 10.5 Å². The third-order valence-electron chi connectivity index (χ3n) is 1.63. The Morgan fingerprint density at radius 3 is 2.64 bits per heavy atom. The minimum absolute atomic E-state index is 0.0520. The molecule has 2 nitrogen and oxygen atoms in total. The SMILES string of the molecule is CC(C)OC(CN)c1cc(Br)c(Cl)s1. The summed E-state index contributed by atoms with van der Waals surface area (Å²) in [6.07, 6.45) is 0.118. The van der Waals surface area contributed by atoms with Crippen molar-refractivity contribution in [3.63, 3.8) is 0 Å². The van der Waals surface area contributed by atoms with E-state index in [9.17, 15) is 0 Å². The lowest BCUT2D eigenvalue weighted by molar-refractivity contribution is 0.0140. The molecule has 0 fully saturated rings. The summed E-state index contributed by atoms with van der Waals surface area (Å²) in [5, 5.41) is 0. The van der Waals surface area contributed by atoms with Crippen LogP contribution in [0.25, 0.3) is 0 Å². The first-order valence-corrected chi connectivity index (χ1v) is 6.33. The zero-order chi connectivity index (χ0) is 10.7. The molecule has 14 heavy (non-hydrogen) atoms. The molecule has 0 saturated carbocycles. The minimum atomic E-state index is -0.0520. The third kappa shape index (κ3) is 3.21. The van der Waals surface area contributed by atoms with Crippen LogP contribution in [-0.4, -0.2) is 12.6 Å². The molecule has 0 amide bonds. The van der Waals surface area contributed by atoms with Crippen molar-refractivity contribution in [2.45, 2.75) is 26.1 Å². The Hall–Kier alpha value is 0.390. The first-order valence-electron chi connectivity index (χ1n) is 4.34. The van der Waals surface area contributed by atoms with Gasteiger partial charge >= 0.3 is 0 Å². The Balaban J connectivity index is 2.78. The molecule has 0 bridgehead atoms. The predicted molar refractivity (Wildman–Crippen MR) is 65.0 cm³/mol. The maximum Gasteiger partial charge on any atom is 0.107 e. The summed E-state index contributed by atoms with van der Waals surface area (Å²) in [5.74, 6) is 0. The van der Waals surface area contributed by atoms with E-state index in [1.807, 2.05) is 19.9 Å². The molecule has 0 aliphatic heterocycles. The van der Waals surface area contributed by atoms with Crippen LogP contribution >= 0.6 is 38.9 Å². The third-order valence-corrected chi connectivity index (χ3v) is 4.20. The normalized spacial score (nSPS) is 13.6. The molecule has 0 spiro atoms. The van der Waals surface area contributed by atoms with Gasteiger partial charge in [0.05, 0.1) is 6.10 Å². The summed E-state index contributed by atoms with van der Waals surface area (Å²) >= 11 is 10.8. The van der Waals surface area contributed by atoms with Gasteiger partial charge in [-0.25, -0.2) is 0 Å². The number of thiophene rings is 1. The Labute approximate surface area is 102 Å². The fourth-order valence-electron chi connectivity index (χ4n) is 1.09. The smallest absolute Gasteiger partial charge is 0.107 e. The van der Waals surface area contributed by atoms with Crippen LogP contribution in [-0.2, 0) is 4.74 Å². The summed E-state index contributed by atoms with van der Waals surface area (Å²) in [4.78, 5) is 1.07. The van der Waals surface area contributed by atoms with Crippen LogP contribution in [0.4, 0.5) is 0 Å². The first-order chi connectivity index (χ1) is 6.54. The monoisotopic (exact) mass is 297 g/mol. The van der Waals surface area contributed by atoms with E-state index < -0.39 is 0 Å². The fourth-order valence-corrected chi connectivity index (χ4v) is 2.88. The van der Waals surface area contributed by atoms with E-state index in [4.69, 9.17) is 22.1 Å². The highest BCUT2D eigenvalue weighted by Crippen LogP contribution is 2.36. The van der Waals surface area contributed by atoms with Crippen molar-refractivity contribution in [3.8, 4) is 0 Å². The van der Waals surface area contributed by atoms with Gasteiger partial charge in [-0.3, -0.25) is 0 Å². The number of ether oxygens (including phenoxy) is 1. The van der Waals surface area contributed by atoms with Gasteiger partial charge in [-0.1, -0.05) is 11.6 Å². The van der Waals surface area contributed by atoms with E-state index in [0.29, 0.717) is 6.54 Å². The predicted octanol–water partition coefficient (Wildman–Crippen LogP) is 3.59. The van der Waals surface area contributed by atoms with Crippen LogP contribution in [0.5, 0.6) is 0 Å². The second kappa shape index (κ2) is 5.47. The lowest BCUT2D eigenvalue weighted by Crippen LogP contribution is -2.18. The summed E-state index contributed by atoms with van der Waals surface area (Å²) in [5.41, 5.74) is 5.64. The Kier molecular flexibility index (Phi) is 4.87. The van der Waals surface area contributed by atoms with Crippen LogP contribution in [0.2, 0.25) is 4.34 Å². The average molecular weight is 299 g/mol. The lowest BCUT2D eigenvalue weighted by Gasteiger charge is -2.16. The maximum atomic E-state index is 5.94. The van der Waals surface area contributed by atoms with Crippen molar-refractivity contribution in [2.24, 2.45) is 5.73 Å². The Morgan fingerprint density at radius 1 is 1.64 bits per heavy atom. The van der Waals surface area contributed by atoms with E-state index >= 15 is 0 Å². The molecule has 1 unspecified atom stereocenters. The van der Waals surface area contributed by atoms with Gasteiger partial charge in [0, 0.05) is 15.9 Å². The van der Waals surface area contributed by atoms with Crippen molar-refractivity contribution >= 4 is 38.9 Å². The van der Waals surface area contributed by atoms with E-state index in [1.165, 1.54) is 11.3 Å². The highest BCUT2D eigenvalue weighted by molar-refractivity contribution is 9.10. The standard InChI is InChI=1S/C9H13BrClNOS/c1-5(2)13-7(4-12)8-3-6(10)9(11)14-8/h3,5,7H,4,12H2,1-2H3. The van der Waals surface area contributed by atoms with Gasteiger partial charge < -0.3 is 10.5 Å². The maximum absolute atomic E-state index is 5.94. The minimum Gasteiger partial charge on any atom is -0.369 e. The largest absolute Gasteiger partial charge is 0.369 e. The second-order valence-electron chi connectivity index (χ2n) is 3.18. The summed E-state index contributed by atoms with van der Waals surface area (Å²) in [7, 11) is 0. The first kappa shape index (κ1) is 12.5. The van der Waals surface area contributed by atoms with Crippen LogP contribution in [0.1, 0.15) is 24.8 Å². The van der Waals surface area contributed by atoms with Crippen LogP contribution in [0, 0.1) is 0 Å². The molecule has 0 aromatic carbocycles. The highest BCUT2D eigenvalue weighted by Gasteiger charge is 2.16. The second-order valence-corrected chi connectivity index (χ2v) is 5.72. The Bertz CT molecular complexity index is 284. The lowest BCUT2D eigenvalue weighted by atomic mass is 10.3. The number of rotatable bonds is 4. The van der Waals surface area contributed by atoms with Crippen molar-refractivity contribution < 1.29 is 4.74 Å². The molecule has 0 aliphatic carbocycles. The van der Waals surface area contributed by atoms with Gasteiger partial charge in [-0.05, 0) is 35.8 Å². The van der Waals surface area contributed by atoms with Crippen molar-refractivity contribution in [1.82, 2.24) is 0 Å². The van der Waals surface area contributed by atoms with Gasteiger partial charge in [-0.15, -0.1) is 11.3 Å². The number of halogens is 2. The van der Waals surface area contributed by atoms with Gasteiger partial charge in [0.15, 0.2) is 0 Å². The molecule has 1 aromatic heterocycles. The van der Waals surface area contributed by atoms with Crippen molar-refractivity contribution in [1.29, 1.82) is 0 Å². The molecule has 1 aromatic rings. The average Bonchev–Trinajstić information content (AvgIpc) is 2.42. The van der Waals surface area contributed by atoms with Gasteiger partial charge in [0.25, 0.3) is 0 Å². The molecule has 80 valence electrons. The topological polar surface area (TPSA) is 35.2 Å². The van der Waals surface area contributed by atoms with Gasteiger partial charge in [-0.2, -0.15) is 0 Å². The molecule has 2 N–H and O–H groups in total. The summed E-state index contributed by atoms with van der Waals surface area (Å²) < 4.78 is 7.31. The summed E-state index contributed by atoms with van der Waals surface area (Å²) in [6.45, 7) is 4.46. The summed E-state index contributed by atoms with van der Waals surface area (Å²) in [6, 6.07) is 1.97. The molecule has 0 aliphatic rings. The molecule has 5 heteroatoms. The fraction of sp³-hybridized carbons (Fsp3) is 0.556. The highest BCUT2D eigenvalue weighted by atomic mass is 79.9. The van der Waals surface area contributed by atoms with E-state index in [0.717, 1.165) is 13.7 Å². The quantitative estimate of drug-likeness (QED) is 0.922. The van der Waals surface area contributed by atoms with E-state index in [2.05, 4.69) is 15.9 Å². The molecule has 1 rings (SSSR count). The van der Waals surface area contributed by atoms with Gasteiger partial charge in [0.2, 0.25) is 0 Å². The number of hydrogen-bond acceptors (Lipinski definition) is 3. The van der Waals surface area contributed by atoms with E-state index in [1.54, 1.807) is 0 Å². The molecule has 0 saturated heterocycles. The number of nitrogens with two attached hydrogens (primary N) is 1. The number of hydrogen-bond donors (Lipinski definition) is 1. The zero-order valence-electron chi connectivity index (χ0n) is 8.09. The molecule has 1 atom stereocenters. The zero-order valence-corrected chi connectivity index (χ0v) is 11.2. The molecule has 1 heterocycles. The molecular weight excluding hydrogens is 286 g/mol. The van der Waals surface area contributed by atoms with E-state index in [-0.39, 0.29) is 12.2 Å². The van der Waals surface area contributed by atoms with Crippen molar-refractivity contribution in [2.75, 3.05) is 6.54 Å². The van der Waals surface area contributed by atoms with Crippen molar-refractivity contribution in [3.05, 3.63) is 19.8 Å². The van der Waals surface area contributed by atoms with Gasteiger partial charge in [0.1, 0.15) is 10.4 Å². The van der Waals surface area contributed by atoms with Crippen LogP contribution in [0.3, 0.4) is 0 Å².